The topological polar surface area (TPSA) is 55.7 Å². The largest absolute Gasteiger partial charge is 0.383 e. The Morgan fingerprint density at radius 1 is 1.43 bits per heavy atom. The third-order valence-electron chi connectivity index (χ3n) is 3.48. The first kappa shape index (κ1) is 16.0. The van der Waals surface area contributed by atoms with Crippen LogP contribution in [-0.2, 0) is 6.42 Å². The molecule has 0 aliphatic carbocycles. The number of halogens is 3. The van der Waals surface area contributed by atoms with Crippen molar-refractivity contribution in [3.63, 3.8) is 0 Å². The Bertz CT molecular complexity index is 920. The van der Waals surface area contributed by atoms with Gasteiger partial charge in [-0.25, -0.2) is 13.9 Å². The molecule has 2 N–H and O–H groups in total. The molecule has 3 aromatic rings. The molecule has 0 amide bonds. The van der Waals surface area contributed by atoms with E-state index in [0.717, 1.165) is 16.5 Å². The van der Waals surface area contributed by atoms with Crippen LogP contribution in [0, 0.1) is 5.82 Å². The second kappa shape index (κ2) is 6.29. The molecule has 0 saturated carbocycles. The zero-order valence-corrected chi connectivity index (χ0v) is 14.6. The lowest BCUT2D eigenvalue weighted by molar-refractivity contribution is 0.627. The number of hydrogen-bond donors (Lipinski definition) is 1. The van der Waals surface area contributed by atoms with Crippen LogP contribution in [-0.4, -0.2) is 15.4 Å². The molecule has 2 heterocycles. The molecule has 23 heavy (non-hydrogen) atoms. The Hall–Kier alpha value is -1.92. The van der Waals surface area contributed by atoms with Gasteiger partial charge in [-0.15, -0.1) is 0 Å². The monoisotopic (exact) mass is 394 g/mol. The minimum absolute atomic E-state index is 0.197. The smallest absolute Gasteiger partial charge is 0.134 e. The first-order valence-electron chi connectivity index (χ1n) is 6.95. The number of nitrogens with two attached hydrogens (primary N) is 1. The molecule has 0 spiro atoms. The Balaban J connectivity index is 2.11. The van der Waals surface area contributed by atoms with Crippen molar-refractivity contribution in [1.82, 2.24) is 9.61 Å². The van der Waals surface area contributed by atoms with Crippen molar-refractivity contribution in [3.05, 3.63) is 63.1 Å². The summed E-state index contributed by atoms with van der Waals surface area (Å²) < 4.78 is 16.0. The molecule has 0 atom stereocenters. The van der Waals surface area contributed by atoms with Crippen molar-refractivity contribution in [2.24, 2.45) is 10.7 Å². The normalized spacial score (nSPS) is 12.1. The van der Waals surface area contributed by atoms with Crippen LogP contribution in [0.3, 0.4) is 0 Å². The summed E-state index contributed by atoms with van der Waals surface area (Å²) in [5.41, 5.74) is 8.71. The van der Waals surface area contributed by atoms with Gasteiger partial charge < -0.3 is 5.73 Å². The molecule has 0 saturated heterocycles. The number of amidine groups is 1. The van der Waals surface area contributed by atoms with Gasteiger partial charge in [0.05, 0.1) is 28.0 Å². The van der Waals surface area contributed by atoms with Crippen LogP contribution in [0.15, 0.2) is 46.1 Å². The third-order valence-corrected chi connectivity index (χ3v) is 4.32. The maximum atomic E-state index is 13.5. The van der Waals surface area contributed by atoms with Gasteiger partial charge in [-0.1, -0.05) is 24.6 Å². The second-order valence-electron chi connectivity index (χ2n) is 4.98. The summed E-state index contributed by atoms with van der Waals surface area (Å²) in [6.07, 6.45) is 4.06. The highest BCUT2D eigenvalue weighted by Gasteiger charge is 2.12. The molecular weight excluding hydrogens is 383 g/mol. The maximum absolute atomic E-state index is 13.5. The molecule has 3 rings (SSSR count). The fourth-order valence-electron chi connectivity index (χ4n) is 2.30. The van der Waals surface area contributed by atoms with Gasteiger partial charge in [0.2, 0.25) is 0 Å². The third kappa shape index (κ3) is 3.09. The lowest BCUT2D eigenvalue weighted by Gasteiger charge is -2.07. The van der Waals surface area contributed by atoms with E-state index < -0.39 is 0 Å². The lowest BCUT2D eigenvalue weighted by atomic mass is 10.1. The first-order valence-corrected chi connectivity index (χ1v) is 8.12. The van der Waals surface area contributed by atoms with Crippen LogP contribution >= 0.6 is 27.5 Å². The van der Waals surface area contributed by atoms with E-state index in [1.165, 1.54) is 12.1 Å². The summed E-state index contributed by atoms with van der Waals surface area (Å²) in [6.45, 7) is 1.97. The summed E-state index contributed by atoms with van der Waals surface area (Å²) >= 11 is 9.78. The van der Waals surface area contributed by atoms with Gasteiger partial charge in [-0.2, -0.15) is 5.10 Å². The highest BCUT2D eigenvalue weighted by molar-refractivity contribution is 9.10. The summed E-state index contributed by atoms with van der Waals surface area (Å²) in [5, 5.41) is 4.70. The zero-order valence-electron chi connectivity index (χ0n) is 12.2. The molecule has 7 heteroatoms. The predicted octanol–water partition coefficient (Wildman–Crippen LogP) is 4.49. The van der Waals surface area contributed by atoms with Crippen molar-refractivity contribution < 1.29 is 4.39 Å². The fourth-order valence-corrected chi connectivity index (χ4v) is 3.00. The van der Waals surface area contributed by atoms with Crippen LogP contribution in [0.4, 0.5) is 10.1 Å². The summed E-state index contributed by atoms with van der Waals surface area (Å²) in [6, 6.07) is 6.31. The van der Waals surface area contributed by atoms with Gasteiger partial charge >= 0.3 is 0 Å². The van der Waals surface area contributed by atoms with Crippen LogP contribution in [0.2, 0.25) is 5.02 Å². The van der Waals surface area contributed by atoms with Gasteiger partial charge in [0, 0.05) is 10.7 Å². The van der Waals surface area contributed by atoms with Crippen LogP contribution in [0.5, 0.6) is 0 Å². The van der Waals surface area contributed by atoms with Gasteiger partial charge in [0.15, 0.2) is 0 Å². The standard InChI is InChI=1S/C16H13BrClFN4/c1-2-9-3-4-11(19)6-13(9)22-16(20)12-7-21-23-8-10(17)5-14(23)15(12)18/h3-8H,2H2,1H3,(H2,20,22). The molecule has 2 aromatic heterocycles. The van der Waals surface area contributed by atoms with Crippen molar-refractivity contribution in [1.29, 1.82) is 0 Å². The number of aliphatic imine (C=N–C) groups is 1. The van der Waals surface area contributed by atoms with Crippen LogP contribution < -0.4 is 5.73 Å². The van der Waals surface area contributed by atoms with E-state index in [4.69, 9.17) is 17.3 Å². The predicted molar refractivity (Wildman–Crippen MR) is 94.1 cm³/mol. The molecule has 0 aliphatic heterocycles. The minimum Gasteiger partial charge on any atom is -0.383 e. The Labute approximate surface area is 145 Å². The highest BCUT2D eigenvalue weighted by Crippen LogP contribution is 2.27. The quantitative estimate of drug-likeness (QED) is 0.525. The fraction of sp³-hybridized carbons (Fsp3) is 0.125. The lowest BCUT2D eigenvalue weighted by Crippen LogP contribution is -2.15. The molecule has 0 aliphatic rings. The molecule has 0 fully saturated rings. The van der Waals surface area contributed by atoms with E-state index in [9.17, 15) is 4.39 Å². The zero-order chi connectivity index (χ0) is 16.6. The highest BCUT2D eigenvalue weighted by atomic mass is 79.9. The van der Waals surface area contributed by atoms with Crippen molar-refractivity contribution in [2.75, 3.05) is 0 Å². The van der Waals surface area contributed by atoms with E-state index in [1.54, 1.807) is 23.0 Å². The molecule has 4 nitrogen and oxygen atoms in total. The second-order valence-corrected chi connectivity index (χ2v) is 6.28. The van der Waals surface area contributed by atoms with Gasteiger partial charge in [0.25, 0.3) is 0 Å². The summed E-state index contributed by atoms with van der Waals surface area (Å²) in [4.78, 5) is 4.34. The number of aromatic nitrogens is 2. The molecular formula is C16H13BrClFN4. The average molecular weight is 396 g/mol. The Morgan fingerprint density at radius 3 is 2.96 bits per heavy atom. The number of nitrogens with zero attached hydrogens (tertiary/aromatic N) is 3. The summed E-state index contributed by atoms with van der Waals surface area (Å²) in [5.74, 6) is -0.161. The molecule has 0 unspecified atom stereocenters. The Morgan fingerprint density at radius 2 is 2.22 bits per heavy atom. The number of rotatable bonds is 3. The first-order chi connectivity index (χ1) is 11.0. The molecule has 0 bridgehead atoms. The molecule has 118 valence electrons. The van der Waals surface area contributed by atoms with E-state index in [2.05, 4.69) is 26.0 Å². The van der Waals surface area contributed by atoms with Crippen molar-refractivity contribution in [3.8, 4) is 0 Å². The number of hydrogen-bond acceptors (Lipinski definition) is 2. The number of fused-ring (bicyclic) bond motifs is 1. The SMILES string of the molecule is CCc1ccc(F)cc1N=C(N)c1cnn2cc(Br)cc2c1Cl. The average Bonchev–Trinajstić information content (AvgIpc) is 2.89. The number of benzene rings is 1. The van der Waals surface area contributed by atoms with Crippen LogP contribution in [0.25, 0.3) is 5.52 Å². The Kier molecular flexibility index (Phi) is 4.37. The van der Waals surface area contributed by atoms with Gasteiger partial charge in [0.1, 0.15) is 11.7 Å². The van der Waals surface area contributed by atoms with E-state index in [0.29, 0.717) is 21.8 Å². The van der Waals surface area contributed by atoms with E-state index >= 15 is 0 Å². The number of aryl methyl sites for hydroxylation is 1. The van der Waals surface area contributed by atoms with E-state index in [-0.39, 0.29) is 11.7 Å². The minimum atomic E-state index is -0.357. The summed E-state index contributed by atoms with van der Waals surface area (Å²) in [7, 11) is 0. The maximum Gasteiger partial charge on any atom is 0.134 e. The molecule has 1 aromatic carbocycles. The van der Waals surface area contributed by atoms with Crippen LogP contribution in [0.1, 0.15) is 18.1 Å². The van der Waals surface area contributed by atoms with Gasteiger partial charge in [-0.05, 0) is 46.1 Å². The van der Waals surface area contributed by atoms with Crippen molar-refractivity contribution in [2.45, 2.75) is 13.3 Å². The van der Waals surface area contributed by atoms with Gasteiger partial charge in [-0.3, -0.25) is 0 Å². The van der Waals surface area contributed by atoms with Crippen molar-refractivity contribution >= 4 is 44.6 Å². The molecule has 0 radical (unpaired) electrons. The van der Waals surface area contributed by atoms with E-state index in [1.807, 2.05) is 13.0 Å².